The first-order valence-electron chi connectivity index (χ1n) is 18.6. The number of hydrogen-bond acceptors (Lipinski definition) is 13. The van der Waals surface area contributed by atoms with Crippen molar-refractivity contribution in [2.45, 2.75) is 44.3 Å². The normalized spacial score (nSPS) is 12.0. The molecule has 0 aliphatic carbocycles. The SMILES string of the molecule is O=C(Cn1c(-c2ccc(Cl)cc2)nn(Cc2ncn(-c3ncccc3Cl)n2)c1=O)C(F)(F)F.O=c1n(Cc2ncn(-c3ncccc3Cl)n2)nc(-c2ccc(Cl)cc2)n1CC(O)(O)C(F)(F)F. The van der Waals surface area contributed by atoms with Gasteiger partial charge in [-0.3, -0.25) is 13.9 Å². The van der Waals surface area contributed by atoms with Crippen molar-refractivity contribution >= 4 is 52.2 Å². The molecule has 0 bridgehead atoms. The summed E-state index contributed by atoms with van der Waals surface area (Å²) in [5, 5.41) is 37.0. The van der Waals surface area contributed by atoms with Crippen molar-refractivity contribution in [3.05, 3.63) is 151 Å². The summed E-state index contributed by atoms with van der Waals surface area (Å²) in [4.78, 5) is 53.7. The zero-order valence-electron chi connectivity index (χ0n) is 33.2. The molecular weight excluding hydrogens is 988 g/mol. The monoisotopic (exact) mass is 1010 g/mol. The summed E-state index contributed by atoms with van der Waals surface area (Å²) < 4.78 is 83.2. The van der Waals surface area contributed by atoms with Gasteiger partial charge in [0.1, 0.15) is 25.7 Å². The van der Waals surface area contributed by atoms with Crippen molar-refractivity contribution in [2.75, 3.05) is 0 Å². The Morgan fingerprint density at radius 2 is 1.00 bits per heavy atom. The zero-order valence-corrected chi connectivity index (χ0v) is 36.2. The van der Waals surface area contributed by atoms with Crippen LogP contribution in [-0.4, -0.2) is 102 Å². The van der Waals surface area contributed by atoms with E-state index in [1.54, 1.807) is 24.3 Å². The summed E-state index contributed by atoms with van der Waals surface area (Å²) in [6, 6.07) is 18.1. The predicted octanol–water partition coefficient (Wildman–Crippen LogP) is 5.46. The maximum Gasteiger partial charge on any atom is 0.451 e. The van der Waals surface area contributed by atoms with Gasteiger partial charge < -0.3 is 10.2 Å². The van der Waals surface area contributed by atoms with Gasteiger partial charge in [-0.15, -0.1) is 20.4 Å². The Balaban J connectivity index is 0.000000199. The minimum absolute atomic E-state index is 0.0752. The van der Waals surface area contributed by atoms with E-state index in [2.05, 4.69) is 40.3 Å². The lowest BCUT2D eigenvalue weighted by Crippen LogP contribution is -2.50. The highest BCUT2D eigenvalue weighted by Crippen LogP contribution is 2.31. The first-order chi connectivity index (χ1) is 31.6. The Kier molecular flexibility index (Phi) is 13.8. The number of ketones is 1. The Morgan fingerprint density at radius 3 is 1.40 bits per heavy atom. The van der Waals surface area contributed by atoms with Crippen LogP contribution in [0.3, 0.4) is 0 Å². The number of Topliss-reactive ketones (excluding diaryl/α,β-unsaturated/α-hetero) is 1. The molecule has 29 heteroatoms. The molecule has 8 rings (SSSR count). The number of aromatic nitrogens is 14. The highest BCUT2D eigenvalue weighted by atomic mass is 35.5. The third kappa shape index (κ3) is 10.9. The van der Waals surface area contributed by atoms with Crippen LogP contribution in [0.15, 0.2) is 107 Å². The number of aliphatic hydroxyl groups is 2. The molecule has 0 aliphatic heterocycles. The van der Waals surface area contributed by atoms with Crippen molar-refractivity contribution in [2.24, 2.45) is 0 Å². The van der Waals surface area contributed by atoms with Crippen LogP contribution in [0.2, 0.25) is 20.1 Å². The number of halogens is 10. The summed E-state index contributed by atoms with van der Waals surface area (Å²) >= 11 is 23.9. The third-order valence-electron chi connectivity index (χ3n) is 9.07. The molecular formula is C38H26Cl4F6N14O5. The maximum absolute atomic E-state index is 13.1. The Labute approximate surface area is 389 Å². The fourth-order valence-electron chi connectivity index (χ4n) is 5.84. The Hall–Kier alpha value is -6.77. The third-order valence-corrected chi connectivity index (χ3v) is 10.2. The van der Waals surface area contributed by atoms with E-state index in [1.807, 2.05) is 0 Å². The fraction of sp³-hybridized carbons (Fsp3) is 0.184. The number of alkyl halides is 6. The van der Waals surface area contributed by atoms with Crippen molar-refractivity contribution in [3.63, 3.8) is 0 Å². The molecule has 0 atom stereocenters. The lowest BCUT2D eigenvalue weighted by Gasteiger charge is -2.24. The van der Waals surface area contributed by atoms with Gasteiger partial charge in [0.05, 0.1) is 23.1 Å². The summed E-state index contributed by atoms with van der Waals surface area (Å²) in [6.07, 6.45) is -4.93. The number of pyridine rings is 2. The predicted molar refractivity (Wildman–Crippen MR) is 225 cm³/mol. The Bertz CT molecular complexity index is 3180. The quantitative estimate of drug-likeness (QED) is 0.115. The summed E-state index contributed by atoms with van der Waals surface area (Å²) in [5.74, 6) is -5.88. The standard InChI is InChI=1S/C19H14Cl2F3N7O3.C19H12Cl2F3N7O2/c20-12-5-3-11(4-6-12)15-28-30(17(32)29(15)9-18(33,34)19(22,23)24)8-14-26-10-31(27-14)16-13(21)2-1-7-25-16;20-12-5-3-11(4-6-12)16-28-30(18(33)29(16)8-14(32)19(22,23)24)9-15-26-10-31(27-15)17-13(21)2-1-7-25-17/h1-7,10,33-34H,8-9H2;1-7,10H,8-9H2. The van der Waals surface area contributed by atoms with E-state index in [-0.39, 0.29) is 47.8 Å². The minimum Gasteiger partial charge on any atom is -0.357 e. The van der Waals surface area contributed by atoms with Crippen molar-refractivity contribution in [1.29, 1.82) is 0 Å². The molecule has 8 aromatic rings. The van der Waals surface area contributed by atoms with E-state index >= 15 is 0 Å². The average molecular weight is 1010 g/mol. The molecule has 19 nitrogen and oxygen atoms in total. The van der Waals surface area contributed by atoms with E-state index in [0.717, 1.165) is 9.36 Å². The second kappa shape index (κ2) is 19.2. The second-order valence-electron chi connectivity index (χ2n) is 13.8. The molecule has 0 radical (unpaired) electrons. The maximum atomic E-state index is 13.1. The molecule has 0 saturated heterocycles. The van der Waals surface area contributed by atoms with Crippen molar-refractivity contribution in [3.8, 4) is 34.4 Å². The van der Waals surface area contributed by atoms with Crippen LogP contribution < -0.4 is 11.4 Å². The van der Waals surface area contributed by atoms with Crippen LogP contribution in [0.4, 0.5) is 26.3 Å². The smallest absolute Gasteiger partial charge is 0.357 e. The molecule has 2 aromatic carbocycles. The molecule has 0 amide bonds. The highest BCUT2D eigenvalue weighted by molar-refractivity contribution is 6.32. The fourth-order valence-corrected chi connectivity index (χ4v) is 6.51. The van der Waals surface area contributed by atoms with Gasteiger partial charge in [-0.1, -0.05) is 46.4 Å². The van der Waals surface area contributed by atoms with E-state index in [0.29, 0.717) is 40.6 Å². The van der Waals surface area contributed by atoms with Gasteiger partial charge in [0, 0.05) is 33.6 Å². The largest absolute Gasteiger partial charge is 0.451 e. The number of rotatable bonds is 12. The highest BCUT2D eigenvalue weighted by Gasteiger charge is 2.54. The number of carbonyl (C=O) groups is 1. The van der Waals surface area contributed by atoms with E-state index in [4.69, 9.17) is 46.4 Å². The molecule has 2 N–H and O–H groups in total. The van der Waals surface area contributed by atoms with Crippen LogP contribution >= 0.6 is 46.4 Å². The zero-order chi connectivity index (χ0) is 48.4. The van der Waals surface area contributed by atoms with Gasteiger partial charge in [-0.05, 0) is 72.8 Å². The van der Waals surface area contributed by atoms with Gasteiger partial charge in [0.15, 0.2) is 34.9 Å². The van der Waals surface area contributed by atoms with E-state index in [1.165, 1.54) is 82.9 Å². The number of nitrogens with zero attached hydrogens (tertiary/aromatic N) is 14. The van der Waals surface area contributed by atoms with Crippen molar-refractivity contribution in [1.82, 2.24) is 68.2 Å². The van der Waals surface area contributed by atoms with Crippen molar-refractivity contribution < 1.29 is 41.4 Å². The Morgan fingerprint density at radius 1 is 0.582 bits per heavy atom. The van der Waals surface area contributed by atoms with E-state index < -0.39 is 48.4 Å². The number of carbonyl (C=O) groups excluding carboxylic acids is 1. The summed E-state index contributed by atoms with van der Waals surface area (Å²) in [6.45, 7) is -3.35. The molecule has 0 spiro atoms. The van der Waals surface area contributed by atoms with Crippen LogP contribution in [-0.2, 0) is 31.0 Å². The second-order valence-corrected chi connectivity index (χ2v) is 15.5. The van der Waals surface area contributed by atoms with Crippen LogP contribution in [0, 0.1) is 0 Å². The molecule has 0 unspecified atom stereocenters. The topological polar surface area (TPSA) is 224 Å². The van der Waals surface area contributed by atoms with Gasteiger partial charge >= 0.3 is 23.7 Å². The lowest BCUT2D eigenvalue weighted by molar-refractivity contribution is -0.353. The molecule has 6 aromatic heterocycles. The molecule has 6 heterocycles. The summed E-state index contributed by atoms with van der Waals surface area (Å²) in [7, 11) is 0. The number of hydrogen-bond donors (Lipinski definition) is 2. The average Bonchev–Trinajstić information content (AvgIpc) is 4.07. The lowest BCUT2D eigenvalue weighted by atomic mass is 10.2. The molecule has 67 heavy (non-hydrogen) atoms. The molecule has 348 valence electrons. The van der Waals surface area contributed by atoms with Gasteiger partial charge in [-0.2, -0.15) is 26.3 Å². The molecule has 0 aliphatic rings. The minimum atomic E-state index is -5.42. The first kappa shape index (κ1) is 48.2. The van der Waals surface area contributed by atoms with E-state index in [9.17, 15) is 50.9 Å². The molecule has 0 saturated carbocycles. The first-order valence-corrected chi connectivity index (χ1v) is 20.1. The summed E-state index contributed by atoms with van der Waals surface area (Å²) in [5.41, 5.74) is -1.47. The van der Waals surface area contributed by atoms with Crippen LogP contribution in [0.25, 0.3) is 34.4 Å². The van der Waals surface area contributed by atoms with Gasteiger partial charge in [-0.25, -0.2) is 48.3 Å². The molecule has 0 fully saturated rings. The van der Waals surface area contributed by atoms with Gasteiger partial charge in [0.25, 0.3) is 11.6 Å². The van der Waals surface area contributed by atoms with Crippen LogP contribution in [0.1, 0.15) is 11.6 Å². The van der Waals surface area contributed by atoms with Gasteiger partial charge in [0.2, 0.25) is 0 Å². The number of benzene rings is 2. The van der Waals surface area contributed by atoms with Crippen LogP contribution in [0.5, 0.6) is 0 Å².